The van der Waals surface area contributed by atoms with Gasteiger partial charge in [-0.25, -0.2) is 4.98 Å². The molecule has 1 N–H and O–H groups in total. The highest BCUT2D eigenvalue weighted by molar-refractivity contribution is 5.55. The molecule has 0 spiro atoms. The maximum Gasteiger partial charge on any atom is 0.233 e. The van der Waals surface area contributed by atoms with Crippen LogP contribution in [-0.2, 0) is 0 Å². The van der Waals surface area contributed by atoms with Crippen molar-refractivity contribution in [2.45, 2.75) is 32.9 Å². The third-order valence-corrected chi connectivity index (χ3v) is 3.36. The Morgan fingerprint density at radius 3 is 2.36 bits per heavy atom. The molecule has 0 aliphatic heterocycles. The first-order valence-corrected chi connectivity index (χ1v) is 7.20. The van der Waals surface area contributed by atoms with Gasteiger partial charge in [-0.1, -0.05) is 30.3 Å². The van der Waals surface area contributed by atoms with Gasteiger partial charge in [-0.3, -0.25) is 5.32 Å². The van der Waals surface area contributed by atoms with Crippen LogP contribution in [0.5, 0.6) is 0 Å². The van der Waals surface area contributed by atoms with Crippen LogP contribution >= 0.6 is 0 Å². The topological polar surface area (TPSA) is 77.0 Å². The van der Waals surface area contributed by atoms with E-state index in [-0.39, 0.29) is 12.1 Å². The molecule has 22 heavy (non-hydrogen) atoms. The lowest BCUT2D eigenvalue weighted by Gasteiger charge is -2.14. The average Bonchev–Trinajstić information content (AvgIpc) is 3.17. The number of hydrogen-bond acceptors (Lipinski definition) is 6. The van der Waals surface area contributed by atoms with E-state index < -0.39 is 0 Å². The molecule has 0 radical (unpaired) electrons. The summed E-state index contributed by atoms with van der Waals surface area (Å²) < 4.78 is 11.3. The Hall–Kier alpha value is -2.47. The highest BCUT2D eigenvalue weighted by Crippen LogP contribution is 2.24. The van der Waals surface area contributed by atoms with Crippen LogP contribution in [0.4, 0.5) is 0 Å². The van der Waals surface area contributed by atoms with E-state index in [2.05, 4.69) is 20.5 Å². The van der Waals surface area contributed by atoms with Crippen molar-refractivity contribution in [3.05, 3.63) is 54.2 Å². The third kappa shape index (κ3) is 3.07. The van der Waals surface area contributed by atoms with Crippen LogP contribution in [0.3, 0.4) is 0 Å². The molecule has 0 fully saturated rings. The monoisotopic (exact) mass is 298 g/mol. The zero-order valence-corrected chi connectivity index (χ0v) is 12.8. The summed E-state index contributed by atoms with van der Waals surface area (Å²) in [7, 11) is 0. The molecule has 0 unspecified atom stereocenters. The van der Waals surface area contributed by atoms with Gasteiger partial charge in [0.05, 0.1) is 18.3 Å². The Kier molecular flexibility index (Phi) is 4.02. The summed E-state index contributed by atoms with van der Waals surface area (Å²) in [4.78, 5) is 4.35. The van der Waals surface area contributed by atoms with Crippen LogP contribution in [0.25, 0.3) is 11.3 Å². The predicted molar refractivity (Wildman–Crippen MR) is 80.9 cm³/mol. The minimum Gasteiger partial charge on any atom is -0.439 e. The van der Waals surface area contributed by atoms with Gasteiger partial charge in [0, 0.05) is 12.5 Å². The van der Waals surface area contributed by atoms with Gasteiger partial charge in [0.25, 0.3) is 0 Å². The summed E-state index contributed by atoms with van der Waals surface area (Å²) >= 11 is 0. The molecule has 3 aromatic rings. The van der Waals surface area contributed by atoms with E-state index in [1.807, 2.05) is 44.2 Å². The maximum atomic E-state index is 5.83. The van der Waals surface area contributed by atoms with Crippen LogP contribution in [0.15, 0.2) is 45.4 Å². The SMILES string of the molecule is Cc1nnc([C@H](C)N[C@H](C)c2ncc(-c3ccccc3)o2)o1. The number of oxazole rings is 1. The van der Waals surface area contributed by atoms with E-state index in [4.69, 9.17) is 8.83 Å². The molecule has 0 saturated carbocycles. The molecule has 0 aliphatic carbocycles. The molecule has 3 rings (SSSR count). The van der Waals surface area contributed by atoms with Crippen molar-refractivity contribution in [3.63, 3.8) is 0 Å². The van der Waals surface area contributed by atoms with Crippen LogP contribution in [0.2, 0.25) is 0 Å². The Labute approximate surface area is 128 Å². The molecule has 0 bridgehead atoms. The fourth-order valence-electron chi connectivity index (χ4n) is 2.23. The second-order valence-electron chi connectivity index (χ2n) is 5.20. The third-order valence-electron chi connectivity index (χ3n) is 3.36. The zero-order chi connectivity index (χ0) is 15.5. The molecular weight excluding hydrogens is 280 g/mol. The molecular formula is C16H18N4O2. The molecule has 6 nitrogen and oxygen atoms in total. The number of hydrogen-bond donors (Lipinski definition) is 1. The molecule has 114 valence electrons. The minimum absolute atomic E-state index is 0.0698. The van der Waals surface area contributed by atoms with Crippen molar-refractivity contribution < 1.29 is 8.83 Å². The zero-order valence-electron chi connectivity index (χ0n) is 12.8. The van der Waals surface area contributed by atoms with E-state index in [0.29, 0.717) is 17.7 Å². The number of nitrogens with zero attached hydrogens (tertiary/aromatic N) is 3. The summed E-state index contributed by atoms with van der Waals surface area (Å²) in [6, 6.07) is 9.75. The first-order valence-electron chi connectivity index (χ1n) is 7.20. The van der Waals surface area contributed by atoms with E-state index in [0.717, 1.165) is 11.3 Å². The molecule has 0 amide bonds. The Balaban J connectivity index is 1.70. The number of aryl methyl sites for hydroxylation is 1. The van der Waals surface area contributed by atoms with Gasteiger partial charge in [-0.05, 0) is 13.8 Å². The van der Waals surface area contributed by atoms with E-state index in [1.165, 1.54) is 0 Å². The molecule has 2 heterocycles. The highest BCUT2D eigenvalue weighted by atomic mass is 16.4. The van der Waals surface area contributed by atoms with Crippen molar-refractivity contribution in [2.24, 2.45) is 0 Å². The Bertz CT molecular complexity index is 735. The second-order valence-corrected chi connectivity index (χ2v) is 5.20. The van der Waals surface area contributed by atoms with Crippen molar-refractivity contribution in [1.82, 2.24) is 20.5 Å². The van der Waals surface area contributed by atoms with Gasteiger partial charge in [-0.2, -0.15) is 0 Å². The normalized spacial score (nSPS) is 14.0. The fourth-order valence-corrected chi connectivity index (χ4v) is 2.23. The molecule has 2 aromatic heterocycles. The predicted octanol–water partition coefficient (Wildman–Crippen LogP) is 3.44. The van der Waals surface area contributed by atoms with Crippen molar-refractivity contribution in [2.75, 3.05) is 0 Å². The number of nitrogens with one attached hydrogen (secondary N) is 1. The summed E-state index contributed by atoms with van der Waals surface area (Å²) in [6.07, 6.45) is 1.74. The highest BCUT2D eigenvalue weighted by Gasteiger charge is 2.19. The van der Waals surface area contributed by atoms with Gasteiger partial charge in [0.15, 0.2) is 5.76 Å². The molecule has 2 atom stereocenters. The molecule has 1 aromatic carbocycles. The second kappa shape index (κ2) is 6.11. The number of benzene rings is 1. The van der Waals surface area contributed by atoms with Crippen LogP contribution < -0.4 is 5.32 Å². The first kappa shape index (κ1) is 14.5. The van der Waals surface area contributed by atoms with Crippen LogP contribution in [-0.4, -0.2) is 15.2 Å². The van der Waals surface area contributed by atoms with Gasteiger partial charge in [0.1, 0.15) is 0 Å². The van der Waals surface area contributed by atoms with Crippen molar-refractivity contribution >= 4 is 0 Å². The van der Waals surface area contributed by atoms with E-state index in [1.54, 1.807) is 13.1 Å². The lowest BCUT2D eigenvalue weighted by Crippen LogP contribution is -2.23. The Morgan fingerprint density at radius 1 is 0.955 bits per heavy atom. The molecule has 0 saturated heterocycles. The molecule has 6 heteroatoms. The lowest BCUT2D eigenvalue weighted by atomic mass is 10.2. The standard InChI is InChI=1S/C16H18N4O2/c1-10(18-11(2)16-20-19-12(3)21-16)15-17-9-14(22-15)13-7-5-4-6-8-13/h4-11,18H,1-3H3/t10-,11+/m1/s1. The maximum absolute atomic E-state index is 5.83. The number of aromatic nitrogens is 3. The van der Waals surface area contributed by atoms with Gasteiger partial charge in [-0.15, -0.1) is 10.2 Å². The van der Waals surface area contributed by atoms with Gasteiger partial charge < -0.3 is 8.83 Å². The summed E-state index contributed by atoms with van der Waals surface area (Å²) in [6.45, 7) is 5.72. The smallest absolute Gasteiger partial charge is 0.233 e. The summed E-state index contributed by atoms with van der Waals surface area (Å²) in [5.74, 6) is 2.49. The van der Waals surface area contributed by atoms with Crippen LogP contribution in [0.1, 0.15) is 43.6 Å². The molecule has 0 aliphatic rings. The van der Waals surface area contributed by atoms with E-state index in [9.17, 15) is 0 Å². The summed E-state index contributed by atoms with van der Waals surface area (Å²) in [5.41, 5.74) is 1.01. The lowest BCUT2D eigenvalue weighted by molar-refractivity contribution is 0.348. The van der Waals surface area contributed by atoms with Crippen LogP contribution in [0, 0.1) is 6.92 Å². The fraction of sp³-hybridized carbons (Fsp3) is 0.312. The largest absolute Gasteiger partial charge is 0.439 e. The van der Waals surface area contributed by atoms with Gasteiger partial charge >= 0.3 is 0 Å². The Morgan fingerprint density at radius 2 is 1.68 bits per heavy atom. The van der Waals surface area contributed by atoms with E-state index >= 15 is 0 Å². The van der Waals surface area contributed by atoms with Gasteiger partial charge in [0.2, 0.25) is 17.7 Å². The quantitative estimate of drug-likeness (QED) is 0.777. The first-order chi connectivity index (χ1) is 10.6. The number of rotatable bonds is 5. The minimum atomic E-state index is -0.0803. The van der Waals surface area contributed by atoms with Crippen molar-refractivity contribution in [1.29, 1.82) is 0 Å². The van der Waals surface area contributed by atoms with Crippen molar-refractivity contribution in [3.8, 4) is 11.3 Å². The summed E-state index contributed by atoms with van der Waals surface area (Å²) in [5, 5.41) is 11.2. The average molecular weight is 298 g/mol.